The quantitative estimate of drug-likeness (QED) is 0.114. The zero-order chi connectivity index (χ0) is 26.5. The molecule has 4 rings (SSSR count). The number of aromatic nitrogens is 2. The van der Waals surface area contributed by atoms with Crippen LogP contribution in [-0.2, 0) is 13.0 Å². The molecule has 0 N–H and O–H groups in total. The fourth-order valence-electron chi connectivity index (χ4n) is 3.84. The molecule has 1 aromatic heterocycles. The van der Waals surface area contributed by atoms with Gasteiger partial charge in [0, 0.05) is 22.5 Å². The summed E-state index contributed by atoms with van der Waals surface area (Å²) in [5.41, 5.74) is 2.50. The lowest BCUT2D eigenvalue weighted by Gasteiger charge is -2.11. The molecule has 0 saturated heterocycles. The van der Waals surface area contributed by atoms with Crippen molar-refractivity contribution in [1.29, 1.82) is 0 Å². The summed E-state index contributed by atoms with van der Waals surface area (Å²) in [5, 5.41) is 16.7. The van der Waals surface area contributed by atoms with E-state index in [0.717, 1.165) is 28.4 Å². The van der Waals surface area contributed by atoms with Gasteiger partial charge in [-0.3, -0.25) is 14.9 Å². The summed E-state index contributed by atoms with van der Waals surface area (Å²) < 4.78 is 8.27. The van der Waals surface area contributed by atoms with Gasteiger partial charge in [0.25, 0.3) is 5.56 Å². The molecular formula is C27H24Br2N4O4. The van der Waals surface area contributed by atoms with Gasteiger partial charge in [-0.1, -0.05) is 59.1 Å². The van der Waals surface area contributed by atoms with Crippen LogP contribution in [0.5, 0.6) is 5.75 Å². The van der Waals surface area contributed by atoms with Gasteiger partial charge in [-0.15, -0.1) is 0 Å². The number of halogens is 2. The van der Waals surface area contributed by atoms with Gasteiger partial charge in [0.05, 0.1) is 26.5 Å². The molecule has 0 aliphatic heterocycles. The number of rotatable bonds is 9. The van der Waals surface area contributed by atoms with Crippen LogP contribution in [-0.4, -0.2) is 20.8 Å². The van der Waals surface area contributed by atoms with Crippen LogP contribution in [0.25, 0.3) is 10.9 Å². The number of aryl methyl sites for hydroxylation is 2. The van der Waals surface area contributed by atoms with Gasteiger partial charge in [0.15, 0.2) is 0 Å². The molecule has 190 valence electrons. The second kappa shape index (κ2) is 11.8. The van der Waals surface area contributed by atoms with Gasteiger partial charge in [-0.05, 0) is 59.1 Å². The summed E-state index contributed by atoms with van der Waals surface area (Å²) in [5.74, 6) is 0.659. The van der Waals surface area contributed by atoms with Gasteiger partial charge < -0.3 is 4.74 Å². The minimum absolute atomic E-state index is 0.127. The third-order valence-electron chi connectivity index (χ3n) is 5.66. The van der Waals surface area contributed by atoms with E-state index in [9.17, 15) is 14.9 Å². The zero-order valence-corrected chi connectivity index (χ0v) is 23.5. The largest absolute Gasteiger partial charge is 0.481 e. The summed E-state index contributed by atoms with van der Waals surface area (Å²) in [7, 11) is 0. The molecule has 0 saturated carbocycles. The van der Waals surface area contributed by atoms with Crippen molar-refractivity contribution >= 4 is 54.7 Å². The Morgan fingerprint density at radius 1 is 1.16 bits per heavy atom. The number of fused-ring (bicyclic) bond motifs is 1. The van der Waals surface area contributed by atoms with E-state index in [0.29, 0.717) is 33.2 Å². The Bertz CT molecular complexity index is 1570. The average molecular weight is 628 g/mol. The van der Waals surface area contributed by atoms with Gasteiger partial charge in [0.1, 0.15) is 12.4 Å². The van der Waals surface area contributed by atoms with E-state index in [1.54, 1.807) is 18.2 Å². The third-order valence-corrected chi connectivity index (χ3v) is 6.74. The van der Waals surface area contributed by atoms with E-state index in [2.05, 4.69) is 48.9 Å². The second-order valence-corrected chi connectivity index (χ2v) is 10.3. The fraction of sp³-hybridized carbons (Fsp3) is 0.222. The summed E-state index contributed by atoms with van der Waals surface area (Å²) in [4.78, 5) is 29.3. The number of nitrogens with zero attached hydrogens (tertiary/aromatic N) is 4. The Balaban J connectivity index is 1.71. The Morgan fingerprint density at radius 2 is 1.97 bits per heavy atom. The van der Waals surface area contributed by atoms with E-state index in [-0.39, 0.29) is 23.6 Å². The summed E-state index contributed by atoms with van der Waals surface area (Å²) >= 11 is 6.81. The molecule has 8 nitrogen and oxygen atoms in total. The first-order valence-corrected chi connectivity index (χ1v) is 13.3. The number of hydrogen-bond acceptors (Lipinski definition) is 6. The van der Waals surface area contributed by atoms with E-state index >= 15 is 0 Å². The highest BCUT2D eigenvalue weighted by molar-refractivity contribution is 9.10. The maximum absolute atomic E-state index is 13.3. The highest BCUT2D eigenvalue weighted by Crippen LogP contribution is 2.36. The maximum atomic E-state index is 13.3. The number of ether oxygens (including phenoxy) is 1. The Hall–Kier alpha value is -3.37. The lowest BCUT2D eigenvalue weighted by Crippen LogP contribution is -2.22. The first-order chi connectivity index (χ1) is 17.8. The maximum Gasteiger partial charge on any atom is 0.312 e. The molecule has 0 fully saturated rings. The smallest absolute Gasteiger partial charge is 0.312 e. The molecular weight excluding hydrogens is 604 g/mol. The van der Waals surface area contributed by atoms with Crippen molar-refractivity contribution in [3.63, 3.8) is 0 Å². The fourth-order valence-corrected chi connectivity index (χ4v) is 4.79. The van der Waals surface area contributed by atoms with E-state index in [1.165, 1.54) is 17.0 Å². The molecule has 0 spiro atoms. The molecule has 0 aliphatic carbocycles. The predicted octanol–water partition coefficient (Wildman–Crippen LogP) is 6.94. The van der Waals surface area contributed by atoms with Crippen LogP contribution in [0.1, 0.15) is 42.3 Å². The average Bonchev–Trinajstić information content (AvgIpc) is 2.86. The van der Waals surface area contributed by atoms with Crippen LogP contribution < -0.4 is 10.3 Å². The number of hydrogen-bond donors (Lipinski definition) is 0. The summed E-state index contributed by atoms with van der Waals surface area (Å²) in [6.07, 6.45) is 3.77. The summed E-state index contributed by atoms with van der Waals surface area (Å²) in [6, 6.07) is 16.1. The lowest BCUT2D eigenvalue weighted by atomic mass is 10.1. The SMILES string of the molecule is CCCCc1nc2ccc(Br)cc2c(=O)n1N=Cc1cc(Br)c(OCc2cccc(C)c2)c([N+](=O)[O-])c1. The van der Waals surface area contributed by atoms with Gasteiger partial charge >= 0.3 is 5.69 Å². The van der Waals surface area contributed by atoms with Crippen LogP contribution in [0.3, 0.4) is 0 Å². The van der Waals surface area contributed by atoms with Crippen molar-refractivity contribution in [2.75, 3.05) is 0 Å². The van der Waals surface area contributed by atoms with Gasteiger partial charge in [-0.2, -0.15) is 9.78 Å². The molecule has 4 aromatic rings. The van der Waals surface area contributed by atoms with Crippen molar-refractivity contribution in [1.82, 2.24) is 9.66 Å². The minimum Gasteiger partial charge on any atom is -0.481 e. The number of nitro benzene ring substituents is 1. The van der Waals surface area contributed by atoms with Crippen molar-refractivity contribution < 1.29 is 9.66 Å². The third kappa shape index (κ3) is 6.31. The number of nitro groups is 1. The topological polar surface area (TPSA) is 99.6 Å². The molecule has 0 radical (unpaired) electrons. The lowest BCUT2D eigenvalue weighted by molar-refractivity contribution is -0.386. The Morgan fingerprint density at radius 3 is 2.70 bits per heavy atom. The number of benzene rings is 3. The van der Waals surface area contributed by atoms with Crippen molar-refractivity contribution in [2.45, 2.75) is 39.7 Å². The highest BCUT2D eigenvalue weighted by atomic mass is 79.9. The van der Waals surface area contributed by atoms with Crippen molar-refractivity contribution in [2.24, 2.45) is 5.10 Å². The molecule has 37 heavy (non-hydrogen) atoms. The minimum atomic E-state index is -0.498. The van der Waals surface area contributed by atoms with Crippen LogP contribution in [0, 0.1) is 17.0 Å². The second-order valence-electron chi connectivity index (χ2n) is 8.54. The summed E-state index contributed by atoms with van der Waals surface area (Å²) in [6.45, 7) is 4.21. The molecule has 1 heterocycles. The molecule has 3 aromatic carbocycles. The van der Waals surface area contributed by atoms with Gasteiger partial charge in [-0.25, -0.2) is 4.98 Å². The predicted molar refractivity (Wildman–Crippen MR) is 152 cm³/mol. The van der Waals surface area contributed by atoms with Crippen LogP contribution in [0.4, 0.5) is 5.69 Å². The van der Waals surface area contributed by atoms with E-state index < -0.39 is 4.92 Å². The van der Waals surface area contributed by atoms with Crippen LogP contribution in [0.15, 0.2) is 73.4 Å². The molecule has 0 unspecified atom stereocenters. The Kier molecular flexibility index (Phi) is 8.50. The van der Waals surface area contributed by atoms with Gasteiger partial charge in [0.2, 0.25) is 5.75 Å². The van der Waals surface area contributed by atoms with E-state index in [4.69, 9.17) is 4.74 Å². The first-order valence-electron chi connectivity index (χ1n) is 11.7. The Labute approximate surface area is 230 Å². The first kappa shape index (κ1) is 26.7. The van der Waals surface area contributed by atoms with Crippen molar-refractivity contribution in [3.05, 3.63) is 107 Å². The molecule has 0 bridgehead atoms. The van der Waals surface area contributed by atoms with Crippen LogP contribution >= 0.6 is 31.9 Å². The highest BCUT2D eigenvalue weighted by Gasteiger charge is 2.20. The monoisotopic (exact) mass is 626 g/mol. The zero-order valence-electron chi connectivity index (χ0n) is 20.3. The molecule has 0 amide bonds. The number of unbranched alkanes of at least 4 members (excludes halogenated alkanes) is 1. The van der Waals surface area contributed by atoms with Crippen molar-refractivity contribution in [3.8, 4) is 5.75 Å². The molecule has 0 aliphatic rings. The molecule has 10 heteroatoms. The van der Waals surface area contributed by atoms with E-state index in [1.807, 2.05) is 37.3 Å². The van der Waals surface area contributed by atoms with Crippen LogP contribution in [0.2, 0.25) is 0 Å². The standard InChI is InChI=1S/C27H24Br2N4O4/c1-3-4-8-25-31-23-10-9-20(28)14-21(23)27(34)32(25)30-15-19-12-22(29)26(24(13-19)33(35)36)37-16-18-7-5-6-17(2)11-18/h5-7,9-15H,3-4,8,16H2,1-2H3. The normalized spacial score (nSPS) is 11.4. The molecule has 0 atom stereocenters.